The second-order valence-electron chi connectivity index (χ2n) is 4.81. The zero-order valence-electron chi connectivity index (χ0n) is 11.3. The van der Waals surface area contributed by atoms with Crippen molar-refractivity contribution in [2.45, 2.75) is 19.9 Å². The first-order chi connectivity index (χ1) is 9.01. The van der Waals surface area contributed by atoms with Crippen molar-refractivity contribution in [2.75, 3.05) is 7.05 Å². The highest BCUT2D eigenvalue weighted by Crippen LogP contribution is 2.30. The van der Waals surface area contributed by atoms with Gasteiger partial charge in [-0.25, -0.2) is 4.39 Å². The zero-order chi connectivity index (χ0) is 14.0. The van der Waals surface area contributed by atoms with Crippen molar-refractivity contribution in [3.63, 3.8) is 0 Å². The molecule has 1 nitrogen and oxygen atoms in total. The van der Waals surface area contributed by atoms with Crippen molar-refractivity contribution in [1.29, 1.82) is 0 Å². The van der Waals surface area contributed by atoms with Crippen LogP contribution < -0.4 is 5.32 Å². The molecule has 100 valence electrons. The third kappa shape index (κ3) is 3.23. The summed E-state index contributed by atoms with van der Waals surface area (Å²) in [6, 6.07) is 11.3. The molecular weight excluding hydrogens is 305 g/mol. The lowest BCUT2D eigenvalue weighted by atomic mass is 9.96. The molecule has 1 unspecified atom stereocenters. The average Bonchev–Trinajstić information content (AvgIpc) is 2.31. The second kappa shape index (κ2) is 5.85. The molecule has 2 aromatic rings. The quantitative estimate of drug-likeness (QED) is 0.876. The number of hydrogen-bond donors (Lipinski definition) is 1. The Labute approximate surface area is 122 Å². The molecule has 19 heavy (non-hydrogen) atoms. The van der Waals surface area contributed by atoms with Gasteiger partial charge in [0.15, 0.2) is 0 Å². The van der Waals surface area contributed by atoms with Crippen molar-refractivity contribution in [1.82, 2.24) is 5.32 Å². The van der Waals surface area contributed by atoms with Crippen molar-refractivity contribution in [3.05, 3.63) is 68.9 Å². The number of halogens is 2. The van der Waals surface area contributed by atoms with Crippen LogP contribution in [0.2, 0.25) is 0 Å². The van der Waals surface area contributed by atoms with Gasteiger partial charge in [-0.2, -0.15) is 0 Å². The Balaban J connectivity index is 2.49. The molecule has 0 aliphatic heterocycles. The van der Waals surface area contributed by atoms with Crippen LogP contribution in [0, 0.1) is 19.7 Å². The number of nitrogens with one attached hydrogen (secondary N) is 1. The molecule has 0 heterocycles. The van der Waals surface area contributed by atoms with Crippen LogP contribution in [0.1, 0.15) is 28.3 Å². The van der Waals surface area contributed by atoms with E-state index in [-0.39, 0.29) is 11.9 Å². The fourth-order valence-corrected chi connectivity index (χ4v) is 3.02. The Hall–Kier alpha value is -1.19. The standard InChI is InChI=1S/C16H17BrFN/c1-10-4-5-14(15(17)8-10)16(19-3)12-6-11(2)7-13(18)9-12/h4-9,16,19H,1-3H3. The molecular formula is C16H17BrFN. The Morgan fingerprint density at radius 3 is 2.37 bits per heavy atom. The van der Waals surface area contributed by atoms with Crippen molar-refractivity contribution in [3.8, 4) is 0 Å². The summed E-state index contributed by atoms with van der Waals surface area (Å²) >= 11 is 3.59. The summed E-state index contributed by atoms with van der Waals surface area (Å²) in [4.78, 5) is 0. The van der Waals surface area contributed by atoms with E-state index in [9.17, 15) is 4.39 Å². The van der Waals surface area contributed by atoms with Gasteiger partial charge in [0.25, 0.3) is 0 Å². The largest absolute Gasteiger partial charge is 0.309 e. The highest BCUT2D eigenvalue weighted by molar-refractivity contribution is 9.10. The molecule has 0 radical (unpaired) electrons. The number of benzene rings is 2. The van der Waals surface area contributed by atoms with Crippen molar-refractivity contribution >= 4 is 15.9 Å². The Morgan fingerprint density at radius 1 is 1.05 bits per heavy atom. The smallest absolute Gasteiger partial charge is 0.123 e. The molecule has 0 bridgehead atoms. The molecule has 0 aliphatic rings. The minimum atomic E-state index is -0.196. The normalized spacial score (nSPS) is 12.5. The van der Waals surface area contributed by atoms with Crippen LogP contribution in [-0.2, 0) is 0 Å². The molecule has 2 aromatic carbocycles. The number of hydrogen-bond acceptors (Lipinski definition) is 1. The van der Waals surface area contributed by atoms with Crippen molar-refractivity contribution < 1.29 is 4.39 Å². The highest BCUT2D eigenvalue weighted by Gasteiger charge is 2.16. The molecule has 1 atom stereocenters. The van der Waals surface area contributed by atoms with Crippen LogP contribution in [0.15, 0.2) is 40.9 Å². The van der Waals surface area contributed by atoms with E-state index in [1.54, 1.807) is 12.1 Å². The van der Waals surface area contributed by atoms with Gasteiger partial charge in [-0.3, -0.25) is 0 Å². The van der Waals surface area contributed by atoms with Gasteiger partial charge in [0, 0.05) is 4.47 Å². The molecule has 0 aliphatic carbocycles. The van der Waals surface area contributed by atoms with Gasteiger partial charge < -0.3 is 5.32 Å². The van der Waals surface area contributed by atoms with Gasteiger partial charge in [-0.15, -0.1) is 0 Å². The molecule has 0 fully saturated rings. The van der Waals surface area contributed by atoms with Crippen LogP contribution >= 0.6 is 15.9 Å². The van der Waals surface area contributed by atoms with Gasteiger partial charge in [-0.1, -0.05) is 34.1 Å². The molecule has 0 saturated heterocycles. The van der Waals surface area contributed by atoms with Crippen LogP contribution in [0.25, 0.3) is 0 Å². The van der Waals surface area contributed by atoms with Crippen LogP contribution in [0.5, 0.6) is 0 Å². The number of rotatable bonds is 3. The second-order valence-corrected chi connectivity index (χ2v) is 5.66. The minimum Gasteiger partial charge on any atom is -0.309 e. The lowest BCUT2D eigenvalue weighted by molar-refractivity contribution is 0.615. The van der Waals surface area contributed by atoms with E-state index >= 15 is 0 Å². The van der Waals surface area contributed by atoms with Gasteiger partial charge in [-0.05, 0) is 61.3 Å². The van der Waals surface area contributed by atoms with E-state index in [0.29, 0.717) is 0 Å². The third-order valence-electron chi connectivity index (χ3n) is 3.15. The SMILES string of the molecule is CNC(c1cc(C)cc(F)c1)c1ccc(C)cc1Br. The summed E-state index contributed by atoms with van der Waals surface area (Å²) < 4.78 is 14.6. The molecule has 0 spiro atoms. The van der Waals surface area contributed by atoms with Crippen molar-refractivity contribution in [2.24, 2.45) is 0 Å². The molecule has 1 N–H and O–H groups in total. The van der Waals surface area contributed by atoms with Crippen LogP contribution in [0.3, 0.4) is 0 Å². The van der Waals surface area contributed by atoms with E-state index in [0.717, 1.165) is 21.2 Å². The summed E-state index contributed by atoms with van der Waals surface area (Å²) in [5.74, 6) is -0.196. The predicted molar refractivity (Wildman–Crippen MR) is 80.9 cm³/mol. The van der Waals surface area contributed by atoms with E-state index in [2.05, 4.69) is 46.4 Å². The molecule has 0 aromatic heterocycles. The predicted octanol–water partition coefficient (Wildman–Crippen LogP) is 4.51. The van der Waals surface area contributed by atoms with Gasteiger partial charge in [0.05, 0.1) is 6.04 Å². The number of aryl methyl sites for hydroxylation is 2. The monoisotopic (exact) mass is 321 g/mol. The summed E-state index contributed by atoms with van der Waals surface area (Å²) in [5.41, 5.74) is 4.17. The minimum absolute atomic E-state index is 0.0237. The lowest BCUT2D eigenvalue weighted by Crippen LogP contribution is -2.18. The summed E-state index contributed by atoms with van der Waals surface area (Å²) in [7, 11) is 1.89. The van der Waals surface area contributed by atoms with E-state index in [1.807, 2.05) is 20.0 Å². The topological polar surface area (TPSA) is 12.0 Å². The Kier molecular flexibility index (Phi) is 4.38. The summed E-state index contributed by atoms with van der Waals surface area (Å²) in [6.07, 6.45) is 0. The first-order valence-electron chi connectivity index (χ1n) is 6.21. The summed E-state index contributed by atoms with van der Waals surface area (Å²) in [5, 5.41) is 3.25. The van der Waals surface area contributed by atoms with Gasteiger partial charge in [0.2, 0.25) is 0 Å². The van der Waals surface area contributed by atoms with E-state index in [1.165, 1.54) is 5.56 Å². The first-order valence-corrected chi connectivity index (χ1v) is 7.01. The molecule has 0 amide bonds. The summed E-state index contributed by atoms with van der Waals surface area (Å²) in [6.45, 7) is 3.96. The van der Waals surface area contributed by atoms with Crippen LogP contribution in [0.4, 0.5) is 4.39 Å². The Morgan fingerprint density at radius 2 is 1.79 bits per heavy atom. The third-order valence-corrected chi connectivity index (χ3v) is 3.84. The van der Waals surface area contributed by atoms with Gasteiger partial charge in [0.1, 0.15) is 5.82 Å². The molecule has 2 rings (SSSR count). The lowest BCUT2D eigenvalue weighted by Gasteiger charge is -2.19. The highest BCUT2D eigenvalue weighted by atomic mass is 79.9. The zero-order valence-corrected chi connectivity index (χ0v) is 12.9. The van der Waals surface area contributed by atoms with E-state index < -0.39 is 0 Å². The first kappa shape index (κ1) is 14.2. The molecule has 0 saturated carbocycles. The maximum Gasteiger partial charge on any atom is 0.123 e. The fourth-order valence-electron chi connectivity index (χ4n) is 2.30. The fraction of sp³-hybridized carbons (Fsp3) is 0.250. The van der Waals surface area contributed by atoms with Crippen LogP contribution in [-0.4, -0.2) is 7.05 Å². The molecule has 3 heteroatoms. The van der Waals surface area contributed by atoms with Gasteiger partial charge >= 0.3 is 0 Å². The maximum absolute atomic E-state index is 13.6. The maximum atomic E-state index is 13.6. The Bertz CT molecular complexity index is 575. The van der Waals surface area contributed by atoms with E-state index in [4.69, 9.17) is 0 Å². The average molecular weight is 322 g/mol.